The summed E-state index contributed by atoms with van der Waals surface area (Å²) in [4.78, 5) is 9.53. The number of hydrogen-bond donors (Lipinski definition) is 1. The Hall–Kier alpha value is -1.39. The van der Waals surface area contributed by atoms with Crippen molar-refractivity contribution in [3.63, 3.8) is 0 Å². The van der Waals surface area contributed by atoms with Crippen LogP contribution in [0.15, 0.2) is 47.8 Å². The van der Waals surface area contributed by atoms with E-state index in [0.717, 1.165) is 18.0 Å². The van der Waals surface area contributed by atoms with Gasteiger partial charge in [-0.15, -0.1) is 11.8 Å². The van der Waals surface area contributed by atoms with Crippen LogP contribution in [0, 0.1) is 0 Å². The zero-order valence-corrected chi connectivity index (χ0v) is 10.2. The molecule has 2 aromatic rings. The van der Waals surface area contributed by atoms with Crippen molar-refractivity contribution in [3.05, 3.63) is 54.1 Å². The number of nitrogens with zero attached hydrogens (tertiary/aromatic N) is 2. The van der Waals surface area contributed by atoms with Crippen LogP contribution in [0.2, 0.25) is 0 Å². The van der Waals surface area contributed by atoms with Crippen molar-refractivity contribution in [2.45, 2.75) is 17.5 Å². The first-order chi connectivity index (χ1) is 8.43. The van der Waals surface area contributed by atoms with Crippen LogP contribution in [0.3, 0.4) is 0 Å². The highest BCUT2D eigenvalue weighted by Gasteiger charge is 2.21. The van der Waals surface area contributed by atoms with E-state index in [0.29, 0.717) is 6.04 Å². The van der Waals surface area contributed by atoms with Crippen LogP contribution in [0.1, 0.15) is 17.3 Å². The molecule has 1 atom stereocenters. The van der Waals surface area contributed by atoms with Crippen molar-refractivity contribution in [1.82, 2.24) is 15.3 Å². The molecule has 3 nitrogen and oxygen atoms in total. The van der Waals surface area contributed by atoms with Crippen LogP contribution in [0.4, 0.5) is 0 Å². The average Bonchev–Trinajstić information content (AvgIpc) is 2.81. The van der Waals surface area contributed by atoms with Crippen molar-refractivity contribution in [2.75, 3.05) is 5.75 Å². The van der Waals surface area contributed by atoms with Gasteiger partial charge in [0.25, 0.3) is 0 Å². The third-order valence-electron chi connectivity index (χ3n) is 2.87. The van der Waals surface area contributed by atoms with Gasteiger partial charge in [-0.05, 0) is 17.7 Å². The van der Waals surface area contributed by atoms with E-state index in [1.54, 1.807) is 12.5 Å². The molecule has 17 heavy (non-hydrogen) atoms. The van der Waals surface area contributed by atoms with E-state index >= 15 is 0 Å². The predicted octanol–water partition coefficient (Wildman–Crippen LogP) is 2.41. The smallest absolute Gasteiger partial charge is 0.115 e. The summed E-state index contributed by atoms with van der Waals surface area (Å²) in [5.74, 6) is 1.10. The maximum absolute atomic E-state index is 4.22. The van der Waals surface area contributed by atoms with Crippen LogP contribution >= 0.6 is 11.8 Å². The fraction of sp³-hybridized carbons (Fsp3) is 0.231. The Morgan fingerprint density at radius 3 is 3.12 bits per heavy atom. The highest BCUT2D eigenvalue weighted by Crippen LogP contribution is 2.37. The molecular formula is C13H13N3S. The van der Waals surface area contributed by atoms with E-state index in [4.69, 9.17) is 0 Å². The number of hydrogen-bond acceptors (Lipinski definition) is 4. The van der Waals surface area contributed by atoms with E-state index in [-0.39, 0.29) is 0 Å². The molecule has 0 saturated heterocycles. The minimum atomic E-state index is 0.436. The molecule has 1 unspecified atom stereocenters. The second-order valence-electron chi connectivity index (χ2n) is 3.98. The van der Waals surface area contributed by atoms with Crippen LogP contribution in [0.25, 0.3) is 0 Å². The Bertz CT molecular complexity index is 501. The van der Waals surface area contributed by atoms with E-state index in [9.17, 15) is 0 Å². The first-order valence-electron chi connectivity index (χ1n) is 5.63. The normalized spacial score (nSPS) is 18.0. The lowest BCUT2D eigenvalue weighted by Gasteiger charge is -2.12. The third-order valence-corrected chi connectivity index (χ3v) is 4.06. The van der Waals surface area contributed by atoms with Crippen LogP contribution in [0.5, 0.6) is 0 Å². The lowest BCUT2D eigenvalue weighted by Crippen LogP contribution is -2.21. The lowest BCUT2D eigenvalue weighted by molar-refractivity contribution is 0.575. The van der Waals surface area contributed by atoms with Gasteiger partial charge in [0.05, 0.1) is 5.69 Å². The highest BCUT2D eigenvalue weighted by molar-refractivity contribution is 7.99. The number of rotatable bonds is 3. The summed E-state index contributed by atoms with van der Waals surface area (Å²) in [6, 6.07) is 11.0. The van der Waals surface area contributed by atoms with Gasteiger partial charge < -0.3 is 5.32 Å². The van der Waals surface area contributed by atoms with Gasteiger partial charge in [-0.25, -0.2) is 9.97 Å². The summed E-state index contributed by atoms with van der Waals surface area (Å²) in [5, 5.41) is 3.54. The summed E-state index contributed by atoms with van der Waals surface area (Å²) in [6.45, 7) is 0.794. The maximum Gasteiger partial charge on any atom is 0.115 e. The first kappa shape index (κ1) is 10.7. The first-order valence-corrected chi connectivity index (χ1v) is 6.62. The minimum Gasteiger partial charge on any atom is -0.303 e. The molecule has 4 heteroatoms. The number of nitrogens with one attached hydrogen (secondary N) is 1. The Kier molecular flexibility index (Phi) is 3.07. The molecule has 0 bridgehead atoms. The molecule has 0 spiro atoms. The number of aromatic nitrogens is 2. The van der Waals surface area contributed by atoms with Crippen LogP contribution in [-0.4, -0.2) is 15.7 Å². The highest BCUT2D eigenvalue weighted by atomic mass is 32.2. The number of thioether (sulfide) groups is 1. The summed E-state index contributed by atoms with van der Waals surface area (Å²) in [5.41, 5.74) is 2.45. The molecule has 1 aliphatic heterocycles. The molecule has 1 aromatic carbocycles. The van der Waals surface area contributed by atoms with Crippen molar-refractivity contribution in [1.29, 1.82) is 0 Å². The fourth-order valence-corrected chi connectivity index (χ4v) is 3.18. The maximum atomic E-state index is 4.22. The van der Waals surface area contributed by atoms with Gasteiger partial charge in [0, 0.05) is 29.4 Å². The largest absolute Gasteiger partial charge is 0.303 e. The van der Waals surface area contributed by atoms with Gasteiger partial charge in [-0.1, -0.05) is 18.2 Å². The van der Waals surface area contributed by atoms with Crippen molar-refractivity contribution in [2.24, 2.45) is 0 Å². The van der Waals surface area contributed by atoms with Crippen LogP contribution < -0.4 is 5.32 Å². The molecule has 1 aromatic heterocycles. The van der Waals surface area contributed by atoms with Crippen molar-refractivity contribution < 1.29 is 0 Å². The second-order valence-corrected chi connectivity index (χ2v) is 5.04. The van der Waals surface area contributed by atoms with Crippen molar-refractivity contribution in [3.8, 4) is 0 Å². The van der Waals surface area contributed by atoms with Gasteiger partial charge in [0.2, 0.25) is 0 Å². The van der Waals surface area contributed by atoms with Crippen molar-refractivity contribution >= 4 is 11.8 Å². The Morgan fingerprint density at radius 1 is 1.29 bits per heavy atom. The van der Waals surface area contributed by atoms with Crippen LogP contribution in [-0.2, 0) is 6.54 Å². The lowest BCUT2D eigenvalue weighted by atomic mass is 10.1. The molecule has 0 aliphatic carbocycles. The molecule has 0 radical (unpaired) electrons. The van der Waals surface area contributed by atoms with Gasteiger partial charge in [0.15, 0.2) is 0 Å². The number of benzene rings is 1. The second kappa shape index (κ2) is 4.85. The molecule has 0 fully saturated rings. The Morgan fingerprint density at radius 2 is 2.24 bits per heavy atom. The van der Waals surface area contributed by atoms with E-state index in [1.807, 2.05) is 17.8 Å². The van der Waals surface area contributed by atoms with Gasteiger partial charge in [-0.3, -0.25) is 0 Å². The Balaban J connectivity index is 1.68. The quantitative estimate of drug-likeness (QED) is 0.898. The molecule has 1 aliphatic rings. The zero-order chi connectivity index (χ0) is 11.5. The standard InChI is InChI=1S/C13H13N3S/c1-2-4-13-11(3-1)12(8-17-13)15-7-10-5-6-14-9-16-10/h1-6,9,12,15H,7-8H2. The van der Waals surface area contributed by atoms with Gasteiger partial charge >= 0.3 is 0 Å². The zero-order valence-electron chi connectivity index (χ0n) is 9.34. The average molecular weight is 243 g/mol. The van der Waals surface area contributed by atoms with E-state index < -0.39 is 0 Å². The summed E-state index contributed by atoms with van der Waals surface area (Å²) in [7, 11) is 0. The topological polar surface area (TPSA) is 37.8 Å². The molecular weight excluding hydrogens is 230 g/mol. The third kappa shape index (κ3) is 2.33. The minimum absolute atomic E-state index is 0.436. The summed E-state index contributed by atoms with van der Waals surface area (Å²) < 4.78 is 0. The van der Waals surface area contributed by atoms with Gasteiger partial charge in [-0.2, -0.15) is 0 Å². The Labute approximate surface area is 105 Å². The molecule has 86 valence electrons. The SMILES string of the molecule is c1ccc2c(c1)SCC2NCc1ccncn1. The molecule has 0 amide bonds. The number of fused-ring (bicyclic) bond motifs is 1. The fourth-order valence-electron chi connectivity index (χ4n) is 1.98. The summed E-state index contributed by atoms with van der Waals surface area (Å²) in [6.07, 6.45) is 3.37. The predicted molar refractivity (Wildman–Crippen MR) is 68.8 cm³/mol. The van der Waals surface area contributed by atoms with E-state index in [1.165, 1.54) is 10.5 Å². The summed E-state index contributed by atoms with van der Waals surface area (Å²) >= 11 is 1.92. The van der Waals surface area contributed by atoms with Gasteiger partial charge in [0.1, 0.15) is 6.33 Å². The molecule has 2 heterocycles. The molecule has 0 saturated carbocycles. The molecule has 3 rings (SSSR count). The molecule has 1 N–H and O–H groups in total. The van der Waals surface area contributed by atoms with E-state index in [2.05, 4.69) is 39.6 Å². The monoisotopic (exact) mass is 243 g/mol.